The van der Waals surface area contributed by atoms with E-state index in [1.165, 1.54) is 6.92 Å². The largest absolute Gasteiger partial charge is 0.481 e. The van der Waals surface area contributed by atoms with Gasteiger partial charge in [-0.2, -0.15) is 0 Å². The molecule has 0 heterocycles. The predicted octanol–water partition coefficient (Wildman–Crippen LogP) is 1.83. The van der Waals surface area contributed by atoms with E-state index in [2.05, 4.69) is 11.7 Å². The summed E-state index contributed by atoms with van der Waals surface area (Å²) in [7, 11) is 0. The Morgan fingerprint density at radius 2 is 1.18 bits per heavy atom. The number of ether oxygens (including phenoxy) is 1. The average Bonchev–Trinajstić information content (AvgIpc) is 2.41. The number of esters is 1. The maximum absolute atomic E-state index is 9.82. The molecular formula is C15H36O7. The van der Waals surface area contributed by atoms with Gasteiger partial charge in [0.15, 0.2) is 0 Å². The summed E-state index contributed by atoms with van der Waals surface area (Å²) < 4.78 is 4.40. The zero-order chi connectivity index (χ0) is 18.8. The van der Waals surface area contributed by atoms with Crippen LogP contribution in [-0.2, 0) is 14.3 Å². The van der Waals surface area contributed by atoms with Crippen LogP contribution in [0.1, 0.15) is 60.8 Å². The second-order valence-corrected chi connectivity index (χ2v) is 3.56. The lowest BCUT2D eigenvalue weighted by Crippen LogP contribution is -1.95. The van der Waals surface area contributed by atoms with Gasteiger partial charge in [-0.3, -0.25) is 9.59 Å². The van der Waals surface area contributed by atoms with Gasteiger partial charge in [0.05, 0.1) is 6.61 Å². The summed E-state index contributed by atoms with van der Waals surface area (Å²) in [6, 6.07) is 0. The molecule has 0 aromatic heterocycles. The Balaban J connectivity index is -0.0000000559. The SMILES string of the molecule is CC(=O)O.CCCCO.CCCO.CCO.CCOC(C)=O. The Bertz CT molecular complexity index is 177. The van der Waals surface area contributed by atoms with Gasteiger partial charge in [0.1, 0.15) is 0 Å². The lowest BCUT2D eigenvalue weighted by molar-refractivity contribution is -0.140. The van der Waals surface area contributed by atoms with E-state index in [9.17, 15) is 4.79 Å². The van der Waals surface area contributed by atoms with E-state index in [4.69, 9.17) is 25.2 Å². The van der Waals surface area contributed by atoms with Gasteiger partial charge in [0, 0.05) is 33.7 Å². The van der Waals surface area contributed by atoms with Crippen molar-refractivity contribution in [1.29, 1.82) is 0 Å². The summed E-state index contributed by atoms with van der Waals surface area (Å²) in [6.45, 7) is 11.3. The van der Waals surface area contributed by atoms with Gasteiger partial charge in [0.25, 0.3) is 5.97 Å². The molecule has 0 aliphatic rings. The lowest BCUT2D eigenvalue weighted by Gasteiger charge is -1.89. The van der Waals surface area contributed by atoms with E-state index >= 15 is 0 Å². The third-order valence-electron chi connectivity index (χ3n) is 1.08. The fourth-order valence-corrected chi connectivity index (χ4v) is 0.361. The Kier molecular flexibility index (Phi) is 63.4. The molecule has 7 nitrogen and oxygen atoms in total. The molecule has 0 rings (SSSR count). The topological polar surface area (TPSA) is 124 Å². The van der Waals surface area contributed by atoms with Gasteiger partial charge in [0.2, 0.25) is 0 Å². The molecule has 0 unspecified atom stereocenters. The van der Waals surface area contributed by atoms with E-state index in [1.807, 2.05) is 6.92 Å². The molecule has 0 saturated heterocycles. The van der Waals surface area contributed by atoms with Crippen LogP contribution in [0.25, 0.3) is 0 Å². The first-order chi connectivity index (χ1) is 10.2. The fourth-order valence-electron chi connectivity index (χ4n) is 0.361. The number of aliphatic carboxylic acids is 1. The number of carbonyl (C=O) groups excluding carboxylic acids is 1. The number of carbonyl (C=O) groups is 2. The number of carboxylic acids is 1. The third-order valence-corrected chi connectivity index (χ3v) is 1.08. The maximum Gasteiger partial charge on any atom is 0.302 e. The number of aliphatic hydroxyl groups excluding tert-OH is 3. The normalized spacial score (nSPS) is 7.32. The van der Waals surface area contributed by atoms with Crippen molar-refractivity contribution in [3.8, 4) is 0 Å². The Morgan fingerprint density at radius 1 is 0.864 bits per heavy atom. The highest BCUT2D eigenvalue weighted by molar-refractivity contribution is 5.65. The van der Waals surface area contributed by atoms with Gasteiger partial charge in [-0.15, -0.1) is 0 Å². The second-order valence-electron chi connectivity index (χ2n) is 3.56. The molecule has 0 aliphatic heterocycles. The van der Waals surface area contributed by atoms with Gasteiger partial charge < -0.3 is 25.2 Å². The second kappa shape index (κ2) is 42.7. The Labute approximate surface area is 134 Å². The van der Waals surface area contributed by atoms with Crippen molar-refractivity contribution in [3.63, 3.8) is 0 Å². The van der Waals surface area contributed by atoms with Crippen LogP contribution in [0.15, 0.2) is 0 Å². The highest BCUT2D eigenvalue weighted by Crippen LogP contribution is 1.78. The molecule has 22 heavy (non-hydrogen) atoms. The van der Waals surface area contributed by atoms with Crippen molar-refractivity contribution in [3.05, 3.63) is 0 Å². The van der Waals surface area contributed by atoms with Gasteiger partial charge >= 0.3 is 5.97 Å². The van der Waals surface area contributed by atoms with Crippen LogP contribution in [0.5, 0.6) is 0 Å². The van der Waals surface area contributed by atoms with Gasteiger partial charge in [-0.05, 0) is 26.7 Å². The minimum atomic E-state index is -0.833. The molecule has 0 aromatic carbocycles. The van der Waals surface area contributed by atoms with Gasteiger partial charge in [-0.1, -0.05) is 20.3 Å². The highest BCUT2D eigenvalue weighted by Gasteiger charge is 1.81. The molecule has 0 radical (unpaired) electrons. The molecule has 7 heteroatoms. The number of hydrogen-bond donors (Lipinski definition) is 4. The van der Waals surface area contributed by atoms with Crippen LogP contribution >= 0.6 is 0 Å². The van der Waals surface area contributed by atoms with E-state index in [-0.39, 0.29) is 12.6 Å². The van der Waals surface area contributed by atoms with E-state index < -0.39 is 5.97 Å². The Hall–Kier alpha value is -1.18. The van der Waals surface area contributed by atoms with E-state index in [0.29, 0.717) is 19.8 Å². The molecular weight excluding hydrogens is 292 g/mol. The standard InChI is InChI=1S/C4H8O2.C4H10O.C3H8O.C2H4O2.C2H6O/c1-3-6-4(2)5;1-2-3-4-5;1-2-3-4;1-2(3)4;1-2-3/h3H2,1-2H3;5H,2-4H2,1H3;4H,2-3H2,1H3;1H3,(H,3,4);3H,2H2,1H3. The number of carboxylic acid groups (broad SMARTS) is 1. The first-order valence-electron chi connectivity index (χ1n) is 7.40. The lowest BCUT2D eigenvalue weighted by atomic mass is 10.4. The maximum atomic E-state index is 9.82. The smallest absolute Gasteiger partial charge is 0.302 e. The van der Waals surface area contributed by atoms with Crippen molar-refractivity contribution in [2.24, 2.45) is 0 Å². The summed E-state index contributed by atoms with van der Waals surface area (Å²) in [6.07, 6.45) is 2.91. The third kappa shape index (κ3) is 257. The monoisotopic (exact) mass is 328 g/mol. The summed E-state index contributed by atoms with van der Waals surface area (Å²) >= 11 is 0. The van der Waals surface area contributed by atoms with Crippen LogP contribution in [0.3, 0.4) is 0 Å². The minimum absolute atomic E-state index is 0.211. The Morgan fingerprint density at radius 3 is 1.18 bits per heavy atom. The molecule has 0 saturated carbocycles. The molecule has 0 bridgehead atoms. The van der Waals surface area contributed by atoms with Crippen LogP contribution in [0, 0.1) is 0 Å². The molecule has 4 N–H and O–H groups in total. The molecule has 0 amide bonds. The highest BCUT2D eigenvalue weighted by atomic mass is 16.5. The van der Waals surface area contributed by atoms with Crippen LogP contribution < -0.4 is 0 Å². The van der Waals surface area contributed by atoms with Crippen molar-refractivity contribution in [2.75, 3.05) is 26.4 Å². The van der Waals surface area contributed by atoms with Crippen LogP contribution in [0.4, 0.5) is 0 Å². The zero-order valence-corrected chi connectivity index (χ0v) is 15.0. The first kappa shape index (κ1) is 32.7. The van der Waals surface area contributed by atoms with E-state index in [0.717, 1.165) is 26.2 Å². The van der Waals surface area contributed by atoms with Crippen molar-refractivity contribution < 1.29 is 34.8 Å². The zero-order valence-electron chi connectivity index (χ0n) is 15.0. The van der Waals surface area contributed by atoms with Gasteiger partial charge in [-0.25, -0.2) is 0 Å². The molecule has 0 fully saturated rings. The molecule has 0 spiro atoms. The van der Waals surface area contributed by atoms with E-state index in [1.54, 1.807) is 13.8 Å². The van der Waals surface area contributed by atoms with Crippen molar-refractivity contribution in [1.82, 2.24) is 0 Å². The van der Waals surface area contributed by atoms with Crippen molar-refractivity contribution in [2.45, 2.75) is 60.8 Å². The summed E-state index contributed by atoms with van der Waals surface area (Å²) in [5, 5.41) is 30.9. The number of rotatable bonds is 4. The quantitative estimate of drug-likeness (QED) is 0.580. The number of unbranched alkanes of at least 4 members (excludes halogenated alkanes) is 1. The van der Waals surface area contributed by atoms with Crippen LogP contribution in [-0.4, -0.2) is 58.8 Å². The molecule has 0 aromatic rings. The number of hydrogen-bond acceptors (Lipinski definition) is 6. The molecule has 0 aliphatic carbocycles. The number of aliphatic hydroxyl groups is 3. The first-order valence-corrected chi connectivity index (χ1v) is 7.40. The minimum Gasteiger partial charge on any atom is -0.481 e. The average molecular weight is 328 g/mol. The summed E-state index contributed by atoms with van der Waals surface area (Å²) in [5.74, 6) is -1.04. The van der Waals surface area contributed by atoms with Crippen molar-refractivity contribution >= 4 is 11.9 Å². The fraction of sp³-hybridized carbons (Fsp3) is 0.867. The summed E-state index contributed by atoms with van der Waals surface area (Å²) in [4.78, 5) is 18.8. The molecule has 0 atom stereocenters. The molecule has 138 valence electrons. The predicted molar refractivity (Wildman–Crippen MR) is 87.7 cm³/mol. The van der Waals surface area contributed by atoms with Crippen LogP contribution in [0.2, 0.25) is 0 Å². The summed E-state index contributed by atoms with van der Waals surface area (Å²) in [5.41, 5.74) is 0.